The lowest BCUT2D eigenvalue weighted by Crippen LogP contribution is -2.40. The van der Waals surface area contributed by atoms with E-state index in [4.69, 9.17) is 14.6 Å². The minimum Gasteiger partial charge on any atom is -0.483 e. The number of fused-ring (bicyclic) bond motifs is 1. The van der Waals surface area contributed by atoms with Crippen LogP contribution < -0.4 is 10.9 Å². The van der Waals surface area contributed by atoms with Crippen molar-refractivity contribution < 1.29 is 24.2 Å². The summed E-state index contributed by atoms with van der Waals surface area (Å²) < 4.78 is 6.69. The summed E-state index contributed by atoms with van der Waals surface area (Å²) in [5.41, 5.74) is 2.32. The van der Waals surface area contributed by atoms with Crippen LogP contribution in [0.2, 0.25) is 0 Å². The Morgan fingerprint density at radius 3 is 2.91 bits per heavy atom. The topological polar surface area (TPSA) is 160 Å². The lowest BCUT2D eigenvalue weighted by molar-refractivity contribution is -0.133. The second kappa shape index (κ2) is 10.7. The monoisotopic (exact) mass is 446 g/mol. The summed E-state index contributed by atoms with van der Waals surface area (Å²) in [5, 5.41) is 20.9. The quantitative estimate of drug-likeness (QED) is 0.517. The summed E-state index contributed by atoms with van der Waals surface area (Å²) in [4.78, 5) is 47.0. The second-order valence-electron chi connectivity index (χ2n) is 7.52. The van der Waals surface area contributed by atoms with E-state index in [1.807, 2.05) is 0 Å². The van der Waals surface area contributed by atoms with E-state index >= 15 is 0 Å². The number of rotatable bonds is 5. The van der Waals surface area contributed by atoms with Gasteiger partial charge in [-0.25, -0.2) is 4.68 Å². The van der Waals surface area contributed by atoms with Crippen molar-refractivity contribution in [3.05, 3.63) is 45.1 Å². The van der Waals surface area contributed by atoms with Crippen LogP contribution in [0.15, 0.2) is 16.9 Å². The Labute approximate surface area is 183 Å². The fourth-order valence-corrected chi connectivity index (χ4v) is 3.71. The van der Waals surface area contributed by atoms with Gasteiger partial charge in [0.25, 0.3) is 17.9 Å². The zero-order valence-electron chi connectivity index (χ0n) is 17.7. The van der Waals surface area contributed by atoms with Gasteiger partial charge < -0.3 is 20.1 Å². The van der Waals surface area contributed by atoms with Gasteiger partial charge in [-0.2, -0.15) is 10.2 Å². The van der Waals surface area contributed by atoms with Crippen LogP contribution in [0.1, 0.15) is 40.3 Å². The van der Waals surface area contributed by atoms with E-state index in [1.54, 1.807) is 17.9 Å². The van der Waals surface area contributed by atoms with Crippen molar-refractivity contribution in [2.75, 3.05) is 19.7 Å². The largest absolute Gasteiger partial charge is 0.483 e. The minimum atomic E-state index is -0.312. The predicted octanol–water partition coefficient (Wildman–Crippen LogP) is -0.531. The van der Waals surface area contributed by atoms with Crippen molar-refractivity contribution in [2.45, 2.75) is 45.4 Å². The highest BCUT2D eigenvalue weighted by atomic mass is 16.5. The number of hydrogen-bond donors (Lipinski definition) is 3. The molecule has 12 heteroatoms. The summed E-state index contributed by atoms with van der Waals surface area (Å²) >= 11 is 0. The normalized spacial score (nSPS) is 17.2. The van der Waals surface area contributed by atoms with E-state index in [1.165, 1.54) is 10.7 Å². The van der Waals surface area contributed by atoms with Gasteiger partial charge in [-0.1, -0.05) is 0 Å². The molecule has 4 rings (SSSR count). The molecule has 0 aromatic carbocycles. The molecule has 2 aromatic heterocycles. The highest BCUT2D eigenvalue weighted by Gasteiger charge is 2.28. The number of hydrogen-bond acceptors (Lipinski definition) is 7. The van der Waals surface area contributed by atoms with Gasteiger partial charge in [0.2, 0.25) is 5.91 Å². The van der Waals surface area contributed by atoms with E-state index in [9.17, 15) is 14.4 Å². The second-order valence-corrected chi connectivity index (χ2v) is 7.52. The molecule has 1 fully saturated rings. The number of amides is 2. The van der Waals surface area contributed by atoms with Crippen LogP contribution in [0.4, 0.5) is 0 Å². The summed E-state index contributed by atoms with van der Waals surface area (Å²) in [5.74, 6) is -0.428. The molecule has 0 bridgehead atoms. The molecule has 32 heavy (non-hydrogen) atoms. The molecule has 172 valence electrons. The molecule has 1 unspecified atom stereocenters. The fraction of sp³-hybridized carbons (Fsp3) is 0.500. The number of nitrogens with zero attached hydrogens (tertiary/aromatic N) is 4. The number of H-pyrrole nitrogens is 1. The maximum atomic E-state index is 12.6. The third-order valence-electron chi connectivity index (χ3n) is 5.30. The van der Waals surface area contributed by atoms with Crippen LogP contribution in [-0.2, 0) is 33.8 Å². The average Bonchev–Trinajstić information content (AvgIpc) is 3.44. The SMILES string of the molecule is Cc1ccc(=O)n(CC(=O)N2CCc3c(C(=O)NCC4CCCO4)n[nH]c3C2)n1.O=CO. The molecule has 2 amide bonds. The van der Waals surface area contributed by atoms with Crippen molar-refractivity contribution in [3.63, 3.8) is 0 Å². The Bertz CT molecular complexity index is 1030. The molecular formula is C20H26N6O6. The molecule has 0 spiro atoms. The van der Waals surface area contributed by atoms with Crippen LogP contribution >= 0.6 is 0 Å². The van der Waals surface area contributed by atoms with Gasteiger partial charge in [0.05, 0.1) is 24.0 Å². The smallest absolute Gasteiger partial charge is 0.290 e. The Hall–Kier alpha value is -3.54. The molecule has 4 heterocycles. The van der Waals surface area contributed by atoms with E-state index in [0.717, 1.165) is 30.7 Å². The van der Waals surface area contributed by atoms with E-state index in [-0.39, 0.29) is 36.5 Å². The highest BCUT2D eigenvalue weighted by Crippen LogP contribution is 2.20. The summed E-state index contributed by atoms with van der Waals surface area (Å²) in [7, 11) is 0. The number of carbonyl (C=O) groups is 3. The van der Waals surface area contributed by atoms with Gasteiger partial charge in [0, 0.05) is 31.3 Å². The van der Waals surface area contributed by atoms with Gasteiger partial charge >= 0.3 is 0 Å². The van der Waals surface area contributed by atoms with Crippen LogP contribution in [0.5, 0.6) is 0 Å². The number of aryl methyl sites for hydroxylation is 1. The first-order chi connectivity index (χ1) is 15.4. The van der Waals surface area contributed by atoms with Crippen molar-refractivity contribution in [3.8, 4) is 0 Å². The van der Waals surface area contributed by atoms with Gasteiger partial charge in [0.1, 0.15) is 6.54 Å². The van der Waals surface area contributed by atoms with Crippen LogP contribution in [0.25, 0.3) is 0 Å². The summed E-state index contributed by atoms with van der Waals surface area (Å²) in [6.45, 7) is 3.40. The lowest BCUT2D eigenvalue weighted by Gasteiger charge is -2.27. The molecule has 2 aliphatic heterocycles. The molecule has 0 saturated carbocycles. The first-order valence-corrected chi connectivity index (χ1v) is 10.3. The van der Waals surface area contributed by atoms with Gasteiger partial charge in [-0.05, 0) is 32.3 Å². The molecule has 2 aliphatic rings. The maximum Gasteiger partial charge on any atom is 0.290 e. The zero-order valence-corrected chi connectivity index (χ0v) is 17.7. The molecule has 12 nitrogen and oxygen atoms in total. The van der Waals surface area contributed by atoms with Crippen molar-refractivity contribution in [1.82, 2.24) is 30.2 Å². The molecule has 1 atom stereocenters. The van der Waals surface area contributed by atoms with E-state index < -0.39 is 0 Å². The first-order valence-electron chi connectivity index (χ1n) is 10.3. The van der Waals surface area contributed by atoms with Crippen LogP contribution in [0, 0.1) is 6.92 Å². The lowest BCUT2D eigenvalue weighted by atomic mass is 10.0. The van der Waals surface area contributed by atoms with Crippen LogP contribution in [-0.4, -0.2) is 74.1 Å². The molecule has 3 N–H and O–H groups in total. The summed E-state index contributed by atoms with van der Waals surface area (Å²) in [6.07, 6.45) is 2.57. The Morgan fingerprint density at radius 1 is 1.41 bits per heavy atom. The molecule has 0 aliphatic carbocycles. The predicted molar refractivity (Wildman–Crippen MR) is 111 cm³/mol. The van der Waals surface area contributed by atoms with Gasteiger partial charge in [0.15, 0.2) is 5.69 Å². The standard InChI is InChI=1S/C19H24N6O4.CH2O2/c1-12-4-5-16(26)25(23-12)11-17(27)24-7-6-14-15(10-24)21-22-18(14)19(28)20-9-13-3-2-8-29-13;2-1-3/h4-5,13H,2-3,6-11H2,1H3,(H,20,28)(H,21,22);1H,(H,2,3). The number of aromatic amines is 1. The number of ether oxygens (including phenoxy) is 1. The van der Waals surface area contributed by atoms with E-state index in [0.29, 0.717) is 37.4 Å². The molecule has 0 radical (unpaired) electrons. The number of aromatic nitrogens is 4. The molecule has 1 saturated heterocycles. The Morgan fingerprint density at radius 2 is 2.19 bits per heavy atom. The average molecular weight is 446 g/mol. The minimum absolute atomic E-state index is 0.0699. The Balaban J connectivity index is 0.000000913. The number of nitrogens with one attached hydrogen (secondary N) is 2. The third-order valence-corrected chi connectivity index (χ3v) is 5.30. The van der Waals surface area contributed by atoms with Gasteiger partial charge in [-0.3, -0.25) is 24.3 Å². The third kappa shape index (κ3) is 5.58. The number of carbonyl (C=O) groups excluding carboxylic acids is 2. The van der Waals surface area contributed by atoms with Gasteiger partial charge in [-0.15, -0.1) is 0 Å². The van der Waals surface area contributed by atoms with Crippen molar-refractivity contribution >= 4 is 18.3 Å². The number of carboxylic acid groups (broad SMARTS) is 1. The van der Waals surface area contributed by atoms with Crippen LogP contribution in [0.3, 0.4) is 0 Å². The highest BCUT2D eigenvalue weighted by molar-refractivity contribution is 5.94. The maximum absolute atomic E-state index is 12.6. The van der Waals surface area contributed by atoms with Crippen molar-refractivity contribution in [2.24, 2.45) is 0 Å². The fourth-order valence-electron chi connectivity index (χ4n) is 3.71. The first kappa shape index (κ1) is 23.1. The molecular weight excluding hydrogens is 420 g/mol. The Kier molecular flexibility index (Phi) is 7.71. The summed E-state index contributed by atoms with van der Waals surface area (Å²) in [6, 6.07) is 3.02. The molecule has 2 aromatic rings. The zero-order chi connectivity index (χ0) is 23.1. The van der Waals surface area contributed by atoms with Crippen molar-refractivity contribution in [1.29, 1.82) is 0 Å². The van der Waals surface area contributed by atoms with E-state index in [2.05, 4.69) is 20.6 Å².